The minimum atomic E-state index is 0.485. The molecule has 1 unspecified atom stereocenters. The molecule has 0 radical (unpaired) electrons. The van der Waals surface area contributed by atoms with Gasteiger partial charge in [0.05, 0.1) is 0 Å². The van der Waals surface area contributed by atoms with Crippen LogP contribution in [0.3, 0.4) is 0 Å². The molecule has 19 heavy (non-hydrogen) atoms. The lowest BCUT2D eigenvalue weighted by Gasteiger charge is -2.24. The van der Waals surface area contributed by atoms with Crippen LogP contribution in [0.15, 0.2) is 18.3 Å². The van der Waals surface area contributed by atoms with Gasteiger partial charge in [-0.05, 0) is 37.9 Å². The fourth-order valence-electron chi connectivity index (χ4n) is 2.62. The van der Waals surface area contributed by atoms with E-state index in [1.54, 1.807) is 6.20 Å². The van der Waals surface area contributed by atoms with E-state index in [9.17, 15) is 0 Å². The van der Waals surface area contributed by atoms with E-state index in [1.807, 2.05) is 13.1 Å². The third-order valence-corrected chi connectivity index (χ3v) is 5.42. The average Bonchev–Trinajstić information content (AvgIpc) is 2.46. The monoisotopic (exact) mass is 279 g/mol. The molecule has 1 aromatic heterocycles. The molecule has 0 bridgehead atoms. The lowest BCUT2D eigenvalue weighted by atomic mass is 10.0. The van der Waals surface area contributed by atoms with Crippen LogP contribution < -0.4 is 11.1 Å². The Labute approximate surface area is 120 Å². The zero-order valence-corrected chi connectivity index (χ0v) is 12.6. The SMILES string of the molecule is CNC(CSC1CCCCC1)Cc1cccnc1N. The maximum absolute atomic E-state index is 5.92. The highest BCUT2D eigenvalue weighted by Gasteiger charge is 2.16. The van der Waals surface area contributed by atoms with Crippen molar-refractivity contribution in [2.24, 2.45) is 0 Å². The van der Waals surface area contributed by atoms with Gasteiger partial charge < -0.3 is 11.1 Å². The van der Waals surface area contributed by atoms with Gasteiger partial charge in [-0.3, -0.25) is 0 Å². The van der Waals surface area contributed by atoms with Gasteiger partial charge in [0.15, 0.2) is 0 Å². The van der Waals surface area contributed by atoms with Crippen molar-refractivity contribution in [2.75, 3.05) is 18.5 Å². The molecule has 4 heteroatoms. The Morgan fingerprint density at radius 3 is 2.89 bits per heavy atom. The molecule has 0 saturated heterocycles. The molecular weight excluding hydrogens is 254 g/mol. The topological polar surface area (TPSA) is 50.9 Å². The van der Waals surface area contributed by atoms with E-state index in [0.717, 1.165) is 23.0 Å². The highest BCUT2D eigenvalue weighted by atomic mass is 32.2. The van der Waals surface area contributed by atoms with Gasteiger partial charge in [0.25, 0.3) is 0 Å². The molecule has 1 heterocycles. The first kappa shape index (κ1) is 14.7. The Morgan fingerprint density at radius 2 is 2.21 bits per heavy atom. The third-order valence-electron chi connectivity index (χ3n) is 3.89. The van der Waals surface area contributed by atoms with Crippen LogP contribution in [0.5, 0.6) is 0 Å². The quantitative estimate of drug-likeness (QED) is 0.841. The Hall–Kier alpha value is -0.740. The zero-order valence-electron chi connectivity index (χ0n) is 11.8. The van der Waals surface area contributed by atoms with E-state index < -0.39 is 0 Å². The van der Waals surface area contributed by atoms with Gasteiger partial charge in [-0.15, -0.1) is 0 Å². The Bertz CT molecular complexity index is 377. The molecule has 1 aromatic rings. The second-order valence-electron chi connectivity index (χ2n) is 5.33. The summed E-state index contributed by atoms with van der Waals surface area (Å²) in [6.45, 7) is 0. The lowest BCUT2D eigenvalue weighted by molar-refractivity contribution is 0.514. The number of aromatic nitrogens is 1. The van der Waals surface area contributed by atoms with Crippen LogP contribution in [-0.4, -0.2) is 29.1 Å². The molecule has 3 N–H and O–H groups in total. The standard InChI is InChI=1S/C15H25N3S/c1-17-13(10-12-6-5-9-18-15(12)16)11-19-14-7-3-2-4-8-14/h5-6,9,13-14,17H,2-4,7-8,10-11H2,1H3,(H2,16,18). The fraction of sp³-hybridized carbons (Fsp3) is 0.667. The van der Waals surface area contributed by atoms with Crippen molar-refractivity contribution in [1.82, 2.24) is 10.3 Å². The maximum Gasteiger partial charge on any atom is 0.126 e. The maximum atomic E-state index is 5.92. The number of nitrogen functional groups attached to an aromatic ring is 1. The Morgan fingerprint density at radius 1 is 1.42 bits per heavy atom. The van der Waals surface area contributed by atoms with Crippen LogP contribution in [0.1, 0.15) is 37.7 Å². The van der Waals surface area contributed by atoms with Crippen molar-refractivity contribution in [3.05, 3.63) is 23.9 Å². The zero-order chi connectivity index (χ0) is 13.5. The minimum Gasteiger partial charge on any atom is -0.383 e. The summed E-state index contributed by atoms with van der Waals surface area (Å²) in [6, 6.07) is 4.53. The van der Waals surface area contributed by atoms with Crippen molar-refractivity contribution in [3.8, 4) is 0 Å². The Kier molecular flexibility index (Phi) is 5.98. The first-order valence-electron chi connectivity index (χ1n) is 7.28. The summed E-state index contributed by atoms with van der Waals surface area (Å²) in [4.78, 5) is 4.16. The number of hydrogen-bond acceptors (Lipinski definition) is 4. The lowest BCUT2D eigenvalue weighted by Crippen LogP contribution is -2.31. The number of hydrogen-bond donors (Lipinski definition) is 2. The molecule has 1 aliphatic carbocycles. The summed E-state index contributed by atoms with van der Waals surface area (Å²) in [5.41, 5.74) is 7.08. The number of nitrogens with two attached hydrogens (primary N) is 1. The van der Waals surface area contributed by atoms with Gasteiger partial charge >= 0.3 is 0 Å². The summed E-state index contributed by atoms with van der Waals surface area (Å²) in [5, 5.41) is 4.28. The van der Waals surface area contributed by atoms with Crippen molar-refractivity contribution >= 4 is 17.6 Å². The number of nitrogens with one attached hydrogen (secondary N) is 1. The summed E-state index contributed by atoms with van der Waals surface area (Å²) < 4.78 is 0. The number of anilines is 1. The molecule has 3 nitrogen and oxygen atoms in total. The third kappa shape index (κ3) is 4.69. The molecule has 1 saturated carbocycles. The normalized spacial score (nSPS) is 18.4. The van der Waals surface area contributed by atoms with Crippen LogP contribution in [0.4, 0.5) is 5.82 Å². The Balaban J connectivity index is 1.81. The molecule has 0 aromatic carbocycles. The fourth-order valence-corrected chi connectivity index (χ4v) is 4.07. The second-order valence-corrected chi connectivity index (χ2v) is 6.66. The molecule has 1 fully saturated rings. The smallest absolute Gasteiger partial charge is 0.126 e. The molecule has 0 amide bonds. The van der Waals surface area contributed by atoms with E-state index in [2.05, 4.69) is 28.1 Å². The van der Waals surface area contributed by atoms with E-state index >= 15 is 0 Å². The summed E-state index contributed by atoms with van der Waals surface area (Å²) in [7, 11) is 2.04. The minimum absolute atomic E-state index is 0.485. The molecule has 0 aliphatic heterocycles. The molecular formula is C15H25N3S. The highest BCUT2D eigenvalue weighted by molar-refractivity contribution is 7.99. The highest BCUT2D eigenvalue weighted by Crippen LogP contribution is 2.29. The van der Waals surface area contributed by atoms with Gasteiger partial charge in [-0.1, -0.05) is 25.3 Å². The first-order chi connectivity index (χ1) is 9.29. The predicted molar refractivity (Wildman–Crippen MR) is 84.5 cm³/mol. The second kappa shape index (κ2) is 7.75. The van der Waals surface area contributed by atoms with E-state index in [-0.39, 0.29) is 0 Å². The number of pyridine rings is 1. The van der Waals surface area contributed by atoms with Crippen molar-refractivity contribution in [1.29, 1.82) is 0 Å². The van der Waals surface area contributed by atoms with Crippen LogP contribution in [0.2, 0.25) is 0 Å². The van der Waals surface area contributed by atoms with Gasteiger partial charge in [0, 0.05) is 23.2 Å². The summed E-state index contributed by atoms with van der Waals surface area (Å²) >= 11 is 2.13. The van der Waals surface area contributed by atoms with Crippen molar-refractivity contribution in [2.45, 2.75) is 49.8 Å². The number of likely N-dealkylation sites (N-methyl/N-ethyl adjacent to an activating group) is 1. The molecule has 106 valence electrons. The van der Waals surface area contributed by atoms with Crippen molar-refractivity contribution < 1.29 is 0 Å². The summed E-state index contributed by atoms with van der Waals surface area (Å²) in [5.74, 6) is 1.83. The number of rotatable bonds is 6. The summed E-state index contributed by atoms with van der Waals surface area (Å²) in [6.07, 6.45) is 9.78. The first-order valence-corrected chi connectivity index (χ1v) is 8.32. The van der Waals surface area contributed by atoms with Crippen LogP contribution >= 0.6 is 11.8 Å². The van der Waals surface area contributed by atoms with Crippen LogP contribution in [0, 0.1) is 0 Å². The molecule has 0 spiro atoms. The van der Waals surface area contributed by atoms with Gasteiger partial charge in [0.1, 0.15) is 5.82 Å². The van der Waals surface area contributed by atoms with E-state index in [1.165, 1.54) is 32.1 Å². The average molecular weight is 279 g/mol. The molecule has 2 rings (SSSR count). The predicted octanol–water partition coefficient (Wildman–Crippen LogP) is 2.86. The van der Waals surface area contributed by atoms with E-state index in [0.29, 0.717) is 11.9 Å². The largest absolute Gasteiger partial charge is 0.383 e. The van der Waals surface area contributed by atoms with Gasteiger partial charge in [0.2, 0.25) is 0 Å². The number of thioether (sulfide) groups is 1. The van der Waals surface area contributed by atoms with Gasteiger partial charge in [-0.25, -0.2) is 4.98 Å². The number of nitrogens with zero attached hydrogens (tertiary/aromatic N) is 1. The molecule has 1 aliphatic rings. The van der Waals surface area contributed by atoms with E-state index in [4.69, 9.17) is 5.73 Å². The van der Waals surface area contributed by atoms with Crippen LogP contribution in [0.25, 0.3) is 0 Å². The van der Waals surface area contributed by atoms with Crippen molar-refractivity contribution in [3.63, 3.8) is 0 Å². The van der Waals surface area contributed by atoms with Crippen LogP contribution in [-0.2, 0) is 6.42 Å². The molecule has 1 atom stereocenters. The van der Waals surface area contributed by atoms with Gasteiger partial charge in [-0.2, -0.15) is 11.8 Å².